The van der Waals surface area contributed by atoms with Crippen molar-refractivity contribution < 1.29 is 4.79 Å². The first kappa shape index (κ1) is 10.7. The minimum Gasteiger partial charge on any atom is -0.303 e. The lowest BCUT2D eigenvalue weighted by Crippen LogP contribution is -2.00. The minimum atomic E-state index is 0.339. The molecule has 0 aromatic heterocycles. The van der Waals surface area contributed by atoms with Crippen LogP contribution in [-0.4, -0.2) is 6.29 Å². The fourth-order valence-electron chi connectivity index (χ4n) is 1.31. The van der Waals surface area contributed by atoms with E-state index in [1.807, 2.05) is 0 Å². The predicted molar refractivity (Wildman–Crippen MR) is 48.6 cm³/mol. The van der Waals surface area contributed by atoms with Crippen LogP contribution in [0.5, 0.6) is 0 Å². The second-order valence-corrected chi connectivity index (χ2v) is 3.18. The fourth-order valence-corrected chi connectivity index (χ4v) is 1.31. The third-order valence-corrected chi connectivity index (χ3v) is 2.03. The van der Waals surface area contributed by atoms with Crippen LogP contribution in [0.1, 0.15) is 52.4 Å². The van der Waals surface area contributed by atoms with Crippen molar-refractivity contribution in [3.05, 3.63) is 0 Å². The molecule has 0 spiro atoms. The van der Waals surface area contributed by atoms with Gasteiger partial charge in [0, 0.05) is 5.92 Å². The molecular formula is C10H20O. The van der Waals surface area contributed by atoms with E-state index in [1.165, 1.54) is 19.3 Å². The molecular weight excluding hydrogens is 136 g/mol. The molecule has 1 heteroatoms. The first-order valence-electron chi connectivity index (χ1n) is 4.80. The monoisotopic (exact) mass is 156 g/mol. The lowest BCUT2D eigenvalue weighted by atomic mass is 9.98. The zero-order chi connectivity index (χ0) is 8.53. The van der Waals surface area contributed by atoms with Crippen molar-refractivity contribution in [2.45, 2.75) is 52.4 Å². The first-order chi connectivity index (χ1) is 5.35. The van der Waals surface area contributed by atoms with Gasteiger partial charge in [0.15, 0.2) is 0 Å². The molecule has 0 unspecified atom stereocenters. The highest BCUT2D eigenvalue weighted by Gasteiger charge is 2.04. The summed E-state index contributed by atoms with van der Waals surface area (Å²) in [6, 6.07) is 0. The molecule has 0 aliphatic rings. The average Bonchev–Trinajstić information content (AvgIpc) is 2.03. The van der Waals surface area contributed by atoms with Gasteiger partial charge in [-0.25, -0.2) is 0 Å². The molecule has 0 saturated heterocycles. The maximum Gasteiger partial charge on any atom is 0.123 e. The first-order valence-corrected chi connectivity index (χ1v) is 4.80. The summed E-state index contributed by atoms with van der Waals surface area (Å²) in [5, 5.41) is 0. The molecule has 0 aliphatic heterocycles. The molecule has 1 atom stereocenters. The molecule has 0 rings (SSSR count). The summed E-state index contributed by atoms with van der Waals surface area (Å²) < 4.78 is 0. The Labute approximate surface area is 70.2 Å². The number of carbonyl (C=O) groups excluding carboxylic acids is 1. The largest absolute Gasteiger partial charge is 0.303 e. The van der Waals surface area contributed by atoms with Crippen molar-refractivity contribution in [3.63, 3.8) is 0 Å². The van der Waals surface area contributed by atoms with E-state index >= 15 is 0 Å². The van der Waals surface area contributed by atoms with E-state index in [-0.39, 0.29) is 0 Å². The normalized spacial score (nSPS) is 12.9. The Hall–Kier alpha value is -0.330. The number of aldehydes is 1. The molecule has 0 bridgehead atoms. The zero-order valence-electron chi connectivity index (χ0n) is 7.81. The number of carbonyl (C=O) groups is 1. The molecule has 0 aromatic carbocycles. The van der Waals surface area contributed by atoms with E-state index in [9.17, 15) is 4.79 Å². The molecule has 0 saturated carbocycles. The van der Waals surface area contributed by atoms with Crippen LogP contribution >= 0.6 is 0 Å². The summed E-state index contributed by atoms with van der Waals surface area (Å²) in [6.45, 7) is 4.33. The molecule has 11 heavy (non-hydrogen) atoms. The van der Waals surface area contributed by atoms with E-state index in [1.54, 1.807) is 0 Å². The van der Waals surface area contributed by atoms with Gasteiger partial charge in [-0.1, -0.05) is 39.5 Å². The van der Waals surface area contributed by atoms with Crippen LogP contribution in [0.3, 0.4) is 0 Å². The van der Waals surface area contributed by atoms with Crippen molar-refractivity contribution in [2.75, 3.05) is 0 Å². The molecule has 1 nitrogen and oxygen atoms in total. The number of rotatable bonds is 7. The maximum absolute atomic E-state index is 10.5. The Balaban J connectivity index is 3.28. The minimum absolute atomic E-state index is 0.339. The SMILES string of the molecule is CCCCC[C@@H](C=O)CCC. The molecule has 0 heterocycles. The van der Waals surface area contributed by atoms with Crippen molar-refractivity contribution in [1.29, 1.82) is 0 Å². The molecule has 0 aliphatic carbocycles. The summed E-state index contributed by atoms with van der Waals surface area (Å²) in [6.07, 6.45) is 8.18. The second kappa shape index (κ2) is 7.77. The highest BCUT2D eigenvalue weighted by molar-refractivity contribution is 5.53. The van der Waals surface area contributed by atoms with Crippen molar-refractivity contribution in [2.24, 2.45) is 5.92 Å². The van der Waals surface area contributed by atoms with Gasteiger partial charge in [-0.2, -0.15) is 0 Å². The van der Waals surface area contributed by atoms with Crippen LogP contribution in [-0.2, 0) is 4.79 Å². The van der Waals surface area contributed by atoms with Gasteiger partial charge in [-0.05, 0) is 12.8 Å². The highest BCUT2D eigenvalue weighted by atomic mass is 16.1. The van der Waals surface area contributed by atoms with Crippen molar-refractivity contribution in [3.8, 4) is 0 Å². The topological polar surface area (TPSA) is 17.1 Å². The smallest absolute Gasteiger partial charge is 0.123 e. The standard InChI is InChI=1S/C10H20O/c1-3-5-6-8-10(9-11)7-4-2/h9-10H,3-8H2,1-2H3/t10-/m0/s1. The Morgan fingerprint density at radius 3 is 2.27 bits per heavy atom. The number of hydrogen-bond acceptors (Lipinski definition) is 1. The Morgan fingerprint density at radius 2 is 1.82 bits per heavy atom. The van der Waals surface area contributed by atoms with E-state index in [0.717, 1.165) is 25.5 Å². The summed E-state index contributed by atoms with van der Waals surface area (Å²) in [5.41, 5.74) is 0. The number of hydrogen-bond donors (Lipinski definition) is 0. The lowest BCUT2D eigenvalue weighted by molar-refractivity contribution is -0.111. The second-order valence-electron chi connectivity index (χ2n) is 3.18. The summed E-state index contributed by atoms with van der Waals surface area (Å²) in [4.78, 5) is 10.5. The van der Waals surface area contributed by atoms with Gasteiger partial charge in [0.1, 0.15) is 6.29 Å². The Kier molecular flexibility index (Phi) is 7.54. The van der Waals surface area contributed by atoms with Crippen LogP contribution in [0.15, 0.2) is 0 Å². The van der Waals surface area contributed by atoms with E-state index in [0.29, 0.717) is 5.92 Å². The summed E-state index contributed by atoms with van der Waals surface area (Å²) in [5.74, 6) is 0.339. The van der Waals surface area contributed by atoms with Crippen LogP contribution in [0.25, 0.3) is 0 Å². The van der Waals surface area contributed by atoms with Crippen LogP contribution in [0.2, 0.25) is 0 Å². The van der Waals surface area contributed by atoms with Gasteiger partial charge < -0.3 is 4.79 Å². The molecule has 0 radical (unpaired) electrons. The Morgan fingerprint density at radius 1 is 1.09 bits per heavy atom. The lowest BCUT2D eigenvalue weighted by Gasteiger charge is -2.06. The predicted octanol–water partition coefficient (Wildman–Crippen LogP) is 3.18. The summed E-state index contributed by atoms with van der Waals surface area (Å²) in [7, 11) is 0. The van der Waals surface area contributed by atoms with Crippen LogP contribution < -0.4 is 0 Å². The molecule has 66 valence electrons. The molecule has 0 N–H and O–H groups in total. The van der Waals surface area contributed by atoms with Gasteiger partial charge in [-0.15, -0.1) is 0 Å². The van der Waals surface area contributed by atoms with Crippen LogP contribution in [0, 0.1) is 5.92 Å². The van der Waals surface area contributed by atoms with Crippen LogP contribution in [0.4, 0.5) is 0 Å². The third kappa shape index (κ3) is 6.08. The zero-order valence-corrected chi connectivity index (χ0v) is 7.81. The molecule has 0 amide bonds. The van der Waals surface area contributed by atoms with Crippen molar-refractivity contribution >= 4 is 6.29 Å². The maximum atomic E-state index is 10.5. The van der Waals surface area contributed by atoms with E-state index in [4.69, 9.17) is 0 Å². The summed E-state index contributed by atoms with van der Waals surface area (Å²) >= 11 is 0. The Bertz CT molecular complexity index is 88.9. The van der Waals surface area contributed by atoms with E-state index in [2.05, 4.69) is 13.8 Å². The van der Waals surface area contributed by atoms with Gasteiger partial charge in [0.25, 0.3) is 0 Å². The van der Waals surface area contributed by atoms with Gasteiger partial charge in [0.2, 0.25) is 0 Å². The highest BCUT2D eigenvalue weighted by Crippen LogP contribution is 2.12. The quantitative estimate of drug-likeness (QED) is 0.408. The third-order valence-electron chi connectivity index (χ3n) is 2.03. The van der Waals surface area contributed by atoms with Gasteiger partial charge in [0.05, 0.1) is 0 Å². The fraction of sp³-hybridized carbons (Fsp3) is 0.900. The van der Waals surface area contributed by atoms with Gasteiger partial charge in [-0.3, -0.25) is 0 Å². The van der Waals surface area contributed by atoms with Crippen molar-refractivity contribution in [1.82, 2.24) is 0 Å². The van der Waals surface area contributed by atoms with Gasteiger partial charge >= 0.3 is 0 Å². The molecule has 0 fully saturated rings. The average molecular weight is 156 g/mol. The van der Waals surface area contributed by atoms with E-state index < -0.39 is 0 Å². The molecule has 0 aromatic rings. The number of unbranched alkanes of at least 4 members (excludes halogenated alkanes) is 2.